The number of halogens is 1. The van der Waals surface area contributed by atoms with Gasteiger partial charge in [0.1, 0.15) is 6.54 Å². The molecule has 8 heteroatoms. The van der Waals surface area contributed by atoms with Gasteiger partial charge in [-0.1, -0.05) is 0 Å². The van der Waals surface area contributed by atoms with Gasteiger partial charge in [0.15, 0.2) is 5.96 Å². The summed E-state index contributed by atoms with van der Waals surface area (Å²) < 4.78 is 5.36. The summed E-state index contributed by atoms with van der Waals surface area (Å²) in [5.74, 6) is 0.736. The average Bonchev–Trinajstić information content (AvgIpc) is 2.59. The fraction of sp³-hybridized carbons (Fsp3) is 0.889. The van der Waals surface area contributed by atoms with Crippen LogP contribution >= 0.6 is 24.0 Å². The normalized spacial score (nSPS) is 16.3. The maximum atomic E-state index is 11.8. The van der Waals surface area contributed by atoms with Crippen LogP contribution in [0.3, 0.4) is 0 Å². The molecule has 7 nitrogen and oxygen atoms in total. The van der Waals surface area contributed by atoms with E-state index in [2.05, 4.69) is 34.4 Å². The molecule has 0 saturated carbocycles. The molecule has 0 spiro atoms. The second-order valence-corrected chi connectivity index (χ2v) is 6.98. The lowest BCUT2D eigenvalue weighted by Crippen LogP contribution is -2.50. The lowest BCUT2D eigenvalue weighted by molar-refractivity contribution is -0.127. The molecule has 2 N–H and O–H groups in total. The highest BCUT2D eigenvalue weighted by molar-refractivity contribution is 14.0. The van der Waals surface area contributed by atoms with Crippen molar-refractivity contribution < 1.29 is 9.53 Å². The van der Waals surface area contributed by atoms with Crippen LogP contribution in [0.25, 0.3) is 0 Å². The Morgan fingerprint density at radius 1 is 1.31 bits per heavy atom. The number of hydrogen-bond donors (Lipinski definition) is 2. The molecule has 1 amide bonds. The molecule has 1 aliphatic rings. The molecule has 0 aromatic heterocycles. The van der Waals surface area contributed by atoms with Crippen LogP contribution in [-0.4, -0.2) is 87.2 Å². The summed E-state index contributed by atoms with van der Waals surface area (Å²) in [7, 11) is 3.50. The Morgan fingerprint density at radius 3 is 2.50 bits per heavy atom. The van der Waals surface area contributed by atoms with Gasteiger partial charge in [0.2, 0.25) is 5.91 Å². The number of carbonyl (C=O) groups excluding carboxylic acids is 1. The predicted molar refractivity (Wildman–Crippen MR) is 118 cm³/mol. The van der Waals surface area contributed by atoms with Gasteiger partial charge in [0, 0.05) is 59.0 Å². The first-order valence-electron chi connectivity index (χ1n) is 9.50. The molecule has 0 aromatic rings. The first-order valence-corrected chi connectivity index (χ1v) is 9.50. The lowest BCUT2D eigenvalue weighted by atomic mass is 10.0. The SMILES string of the molecule is CCOCCCNC(=NCC(=O)N(C)C)NC1CCN(C(C)C)CC1.I. The number of guanidine groups is 1. The minimum absolute atomic E-state index is 0. The number of rotatable bonds is 9. The average molecular weight is 483 g/mol. The second kappa shape index (κ2) is 14.4. The van der Waals surface area contributed by atoms with Crippen molar-refractivity contribution in [1.29, 1.82) is 0 Å². The predicted octanol–water partition coefficient (Wildman–Crippen LogP) is 1.53. The van der Waals surface area contributed by atoms with Crippen LogP contribution in [0.2, 0.25) is 0 Å². The van der Waals surface area contributed by atoms with E-state index >= 15 is 0 Å². The number of nitrogens with one attached hydrogen (secondary N) is 2. The summed E-state index contributed by atoms with van der Waals surface area (Å²) in [5.41, 5.74) is 0. The van der Waals surface area contributed by atoms with Gasteiger partial charge >= 0.3 is 0 Å². The Bertz CT molecular complexity index is 410. The van der Waals surface area contributed by atoms with Gasteiger partial charge < -0.3 is 25.2 Å². The number of carbonyl (C=O) groups is 1. The molecule has 0 aliphatic carbocycles. The van der Waals surface area contributed by atoms with Gasteiger partial charge in [0.25, 0.3) is 0 Å². The van der Waals surface area contributed by atoms with Crippen LogP contribution in [0.4, 0.5) is 0 Å². The number of amides is 1. The Morgan fingerprint density at radius 2 is 1.96 bits per heavy atom. The molecule has 0 unspecified atom stereocenters. The Balaban J connectivity index is 0.00000625. The van der Waals surface area contributed by atoms with Gasteiger partial charge in [-0.05, 0) is 40.0 Å². The van der Waals surface area contributed by atoms with Crippen molar-refractivity contribution in [2.45, 2.75) is 52.1 Å². The number of piperidine rings is 1. The molecule has 0 atom stereocenters. The van der Waals surface area contributed by atoms with Gasteiger partial charge in [-0.25, -0.2) is 4.99 Å². The summed E-state index contributed by atoms with van der Waals surface area (Å²) in [5, 5.41) is 6.83. The quantitative estimate of drug-likeness (QED) is 0.225. The smallest absolute Gasteiger partial charge is 0.243 e. The third-order valence-electron chi connectivity index (χ3n) is 4.43. The van der Waals surface area contributed by atoms with Crippen LogP contribution in [-0.2, 0) is 9.53 Å². The van der Waals surface area contributed by atoms with E-state index in [0.29, 0.717) is 12.1 Å². The topological polar surface area (TPSA) is 69.2 Å². The molecule has 154 valence electrons. The van der Waals surface area contributed by atoms with E-state index in [0.717, 1.165) is 58.1 Å². The van der Waals surface area contributed by atoms with Crippen LogP contribution in [0, 0.1) is 0 Å². The highest BCUT2D eigenvalue weighted by Gasteiger charge is 2.21. The second-order valence-electron chi connectivity index (χ2n) is 6.98. The fourth-order valence-electron chi connectivity index (χ4n) is 2.72. The minimum atomic E-state index is 0. The molecule has 1 heterocycles. The van der Waals surface area contributed by atoms with Crippen LogP contribution in [0.15, 0.2) is 4.99 Å². The van der Waals surface area contributed by atoms with E-state index in [1.807, 2.05) is 6.92 Å². The van der Waals surface area contributed by atoms with Crippen LogP contribution < -0.4 is 10.6 Å². The van der Waals surface area contributed by atoms with Crippen molar-refractivity contribution in [3.8, 4) is 0 Å². The zero-order chi connectivity index (χ0) is 18.7. The minimum Gasteiger partial charge on any atom is -0.382 e. The van der Waals surface area contributed by atoms with Crippen molar-refractivity contribution >= 4 is 35.8 Å². The van der Waals surface area contributed by atoms with Crippen molar-refractivity contribution in [2.75, 3.05) is 53.5 Å². The molecule has 1 rings (SSSR count). The Kier molecular flexibility index (Phi) is 14.1. The number of aliphatic imine (C=N–C) groups is 1. The number of ether oxygens (including phenoxy) is 1. The summed E-state index contributed by atoms with van der Waals surface area (Å²) in [6.45, 7) is 11.1. The Hall–Kier alpha value is -0.610. The summed E-state index contributed by atoms with van der Waals surface area (Å²) in [6, 6.07) is 1.01. The van der Waals surface area contributed by atoms with Crippen LogP contribution in [0.5, 0.6) is 0 Å². The highest BCUT2D eigenvalue weighted by Crippen LogP contribution is 2.12. The largest absolute Gasteiger partial charge is 0.382 e. The van der Waals surface area contributed by atoms with E-state index in [4.69, 9.17) is 4.74 Å². The maximum absolute atomic E-state index is 11.8. The van der Waals surface area contributed by atoms with Gasteiger partial charge in [-0.15, -0.1) is 24.0 Å². The van der Waals surface area contributed by atoms with Gasteiger partial charge in [0.05, 0.1) is 0 Å². The molecule has 1 saturated heterocycles. The van der Waals surface area contributed by atoms with Gasteiger partial charge in [-0.2, -0.15) is 0 Å². The number of likely N-dealkylation sites (tertiary alicyclic amines) is 1. The zero-order valence-corrected chi connectivity index (χ0v) is 19.4. The maximum Gasteiger partial charge on any atom is 0.243 e. The van der Waals surface area contributed by atoms with Gasteiger partial charge in [-0.3, -0.25) is 4.79 Å². The molecule has 0 radical (unpaired) electrons. The Labute approximate surface area is 176 Å². The van der Waals surface area contributed by atoms with Crippen molar-refractivity contribution in [3.05, 3.63) is 0 Å². The number of likely N-dealkylation sites (N-methyl/N-ethyl adjacent to an activating group) is 1. The van der Waals surface area contributed by atoms with Crippen molar-refractivity contribution in [2.24, 2.45) is 4.99 Å². The van der Waals surface area contributed by atoms with E-state index < -0.39 is 0 Å². The first-order chi connectivity index (χ1) is 11.9. The van der Waals surface area contributed by atoms with Crippen molar-refractivity contribution in [1.82, 2.24) is 20.4 Å². The number of hydrogen-bond acceptors (Lipinski definition) is 4. The molecule has 0 aromatic carbocycles. The molecule has 0 bridgehead atoms. The van der Waals surface area contributed by atoms with Crippen molar-refractivity contribution in [3.63, 3.8) is 0 Å². The van der Waals surface area contributed by atoms with E-state index in [9.17, 15) is 4.79 Å². The summed E-state index contributed by atoms with van der Waals surface area (Å²) in [6.07, 6.45) is 3.11. The monoisotopic (exact) mass is 483 g/mol. The molecule has 1 aliphatic heterocycles. The summed E-state index contributed by atoms with van der Waals surface area (Å²) >= 11 is 0. The lowest BCUT2D eigenvalue weighted by Gasteiger charge is -2.35. The molecule has 26 heavy (non-hydrogen) atoms. The fourth-order valence-corrected chi connectivity index (χ4v) is 2.72. The third-order valence-corrected chi connectivity index (χ3v) is 4.43. The highest BCUT2D eigenvalue weighted by atomic mass is 127. The number of nitrogens with zero attached hydrogens (tertiary/aromatic N) is 3. The zero-order valence-electron chi connectivity index (χ0n) is 17.1. The third kappa shape index (κ3) is 10.5. The molecular formula is C18H38IN5O2. The molecule has 1 fully saturated rings. The van der Waals surface area contributed by atoms with Crippen LogP contribution in [0.1, 0.15) is 40.0 Å². The van der Waals surface area contributed by atoms with E-state index in [-0.39, 0.29) is 36.4 Å². The first kappa shape index (κ1) is 25.4. The van der Waals surface area contributed by atoms with E-state index in [1.54, 1.807) is 19.0 Å². The summed E-state index contributed by atoms with van der Waals surface area (Å²) in [4.78, 5) is 20.3. The standard InChI is InChI=1S/C18H37N5O2.HI/c1-6-25-13-7-10-19-18(20-14-17(24)22(4)5)21-16-8-11-23(12-9-16)15(2)3;/h15-16H,6-14H2,1-5H3,(H2,19,20,21);1H. The molecular weight excluding hydrogens is 445 g/mol. The van der Waals surface area contributed by atoms with E-state index in [1.165, 1.54) is 0 Å².